The SMILES string of the molecule is CCC(=O)NC(c1ccc(C(C)C)cc1)c1c(O)ccc2ccccc12. The molecule has 3 heteroatoms. The van der Waals surface area contributed by atoms with Crippen molar-refractivity contribution < 1.29 is 9.90 Å². The van der Waals surface area contributed by atoms with E-state index in [4.69, 9.17) is 0 Å². The van der Waals surface area contributed by atoms with Gasteiger partial charge in [0, 0.05) is 12.0 Å². The molecule has 1 amide bonds. The van der Waals surface area contributed by atoms with E-state index >= 15 is 0 Å². The van der Waals surface area contributed by atoms with Gasteiger partial charge in [-0.2, -0.15) is 0 Å². The molecule has 3 aromatic rings. The molecule has 0 fully saturated rings. The summed E-state index contributed by atoms with van der Waals surface area (Å²) in [6, 6.07) is 19.4. The molecule has 26 heavy (non-hydrogen) atoms. The number of rotatable bonds is 5. The lowest BCUT2D eigenvalue weighted by molar-refractivity contribution is -0.121. The van der Waals surface area contributed by atoms with Gasteiger partial charge in [-0.3, -0.25) is 4.79 Å². The van der Waals surface area contributed by atoms with Crippen molar-refractivity contribution in [1.29, 1.82) is 0 Å². The summed E-state index contributed by atoms with van der Waals surface area (Å²) in [5.74, 6) is 0.590. The molecule has 134 valence electrons. The Labute approximate surface area is 154 Å². The van der Waals surface area contributed by atoms with E-state index in [2.05, 4.69) is 31.3 Å². The summed E-state index contributed by atoms with van der Waals surface area (Å²) in [6.45, 7) is 6.14. The van der Waals surface area contributed by atoms with Crippen LogP contribution in [0.4, 0.5) is 0 Å². The first kappa shape index (κ1) is 18.0. The monoisotopic (exact) mass is 347 g/mol. The number of nitrogens with one attached hydrogen (secondary N) is 1. The van der Waals surface area contributed by atoms with E-state index in [9.17, 15) is 9.90 Å². The van der Waals surface area contributed by atoms with Crippen LogP contribution in [0.15, 0.2) is 60.7 Å². The van der Waals surface area contributed by atoms with Crippen molar-refractivity contribution in [2.24, 2.45) is 0 Å². The lowest BCUT2D eigenvalue weighted by atomic mass is 9.91. The highest BCUT2D eigenvalue weighted by Gasteiger charge is 2.22. The van der Waals surface area contributed by atoms with Crippen molar-refractivity contribution in [1.82, 2.24) is 5.32 Å². The fraction of sp³-hybridized carbons (Fsp3) is 0.261. The summed E-state index contributed by atoms with van der Waals surface area (Å²) < 4.78 is 0. The van der Waals surface area contributed by atoms with Gasteiger partial charge in [0.2, 0.25) is 5.91 Å². The summed E-state index contributed by atoms with van der Waals surface area (Å²) >= 11 is 0. The molecule has 0 spiro atoms. The zero-order valence-corrected chi connectivity index (χ0v) is 15.5. The zero-order chi connectivity index (χ0) is 18.7. The van der Waals surface area contributed by atoms with Gasteiger partial charge in [0.1, 0.15) is 5.75 Å². The second-order valence-corrected chi connectivity index (χ2v) is 6.89. The normalized spacial score (nSPS) is 12.3. The minimum absolute atomic E-state index is 0.0460. The van der Waals surface area contributed by atoms with Crippen LogP contribution in [0.1, 0.15) is 55.8 Å². The van der Waals surface area contributed by atoms with Crippen LogP contribution in [-0.2, 0) is 4.79 Å². The van der Waals surface area contributed by atoms with E-state index in [1.807, 2.05) is 49.4 Å². The van der Waals surface area contributed by atoms with Crippen LogP contribution < -0.4 is 5.32 Å². The van der Waals surface area contributed by atoms with E-state index in [-0.39, 0.29) is 11.7 Å². The van der Waals surface area contributed by atoms with E-state index < -0.39 is 6.04 Å². The molecule has 0 bridgehead atoms. The van der Waals surface area contributed by atoms with Crippen molar-refractivity contribution in [2.45, 2.75) is 39.2 Å². The van der Waals surface area contributed by atoms with Crippen LogP contribution in [0.25, 0.3) is 10.8 Å². The molecular weight excluding hydrogens is 322 g/mol. The van der Waals surface area contributed by atoms with Crippen molar-refractivity contribution >= 4 is 16.7 Å². The third-order valence-electron chi connectivity index (χ3n) is 4.80. The van der Waals surface area contributed by atoms with Crippen LogP contribution in [-0.4, -0.2) is 11.0 Å². The highest BCUT2D eigenvalue weighted by molar-refractivity contribution is 5.89. The van der Waals surface area contributed by atoms with Gasteiger partial charge in [-0.05, 0) is 33.9 Å². The molecule has 3 rings (SSSR count). The molecule has 2 N–H and O–H groups in total. The second kappa shape index (κ2) is 7.61. The predicted octanol–water partition coefficient (Wildman–Crippen LogP) is 5.28. The predicted molar refractivity (Wildman–Crippen MR) is 106 cm³/mol. The Balaban J connectivity index is 2.16. The van der Waals surface area contributed by atoms with Gasteiger partial charge >= 0.3 is 0 Å². The lowest BCUT2D eigenvalue weighted by Gasteiger charge is -2.23. The molecule has 0 aromatic heterocycles. The Kier molecular flexibility index (Phi) is 5.27. The van der Waals surface area contributed by atoms with Gasteiger partial charge in [0.05, 0.1) is 6.04 Å². The highest BCUT2D eigenvalue weighted by atomic mass is 16.3. The standard InChI is InChI=1S/C23H25NO2/c1-4-21(26)24-23(18-11-9-16(10-12-18)15(2)3)22-19-8-6-5-7-17(19)13-14-20(22)25/h5-15,23,25H,4H2,1-3H3,(H,24,26). The Morgan fingerprint density at radius 1 is 0.962 bits per heavy atom. The number of aromatic hydroxyl groups is 1. The van der Waals surface area contributed by atoms with Gasteiger partial charge < -0.3 is 10.4 Å². The third kappa shape index (κ3) is 3.57. The number of hydrogen-bond donors (Lipinski definition) is 2. The van der Waals surface area contributed by atoms with Gasteiger partial charge in [-0.25, -0.2) is 0 Å². The number of phenols is 1. The molecule has 0 saturated heterocycles. The molecule has 0 saturated carbocycles. The fourth-order valence-corrected chi connectivity index (χ4v) is 3.25. The first-order valence-corrected chi connectivity index (χ1v) is 9.11. The average Bonchev–Trinajstić information content (AvgIpc) is 2.66. The molecule has 0 aliphatic heterocycles. The van der Waals surface area contributed by atoms with Crippen molar-refractivity contribution in [3.8, 4) is 5.75 Å². The smallest absolute Gasteiger partial charge is 0.220 e. The first-order valence-electron chi connectivity index (χ1n) is 9.11. The summed E-state index contributed by atoms with van der Waals surface area (Å²) in [4.78, 5) is 12.2. The molecule has 1 atom stereocenters. The maximum Gasteiger partial charge on any atom is 0.220 e. The third-order valence-corrected chi connectivity index (χ3v) is 4.80. The molecule has 0 heterocycles. The Bertz CT molecular complexity index is 913. The van der Waals surface area contributed by atoms with E-state index in [1.54, 1.807) is 6.07 Å². The molecule has 1 unspecified atom stereocenters. The summed E-state index contributed by atoms with van der Waals surface area (Å²) in [7, 11) is 0. The Morgan fingerprint density at radius 3 is 2.27 bits per heavy atom. The molecule has 0 aliphatic carbocycles. The Morgan fingerprint density at radius 2 is 1.62 bits per heavy atom. The van der Waals surface area contributed by atoms with Crippen molar-refractivity contribution in [3.63, 3.8) is 0 Å². The number of carbonyl (C=O) groups excluding carboxylic acids is 1. The second-order valence-electron chi connectivity index (χ2n) is 6.89. The molecular formula is C23H25NO2. The largest absolute Gasteiger partial charge is 0.508 e. The van der Waals surface area contributed by atoms with E-state index in [0.29, 0.717) is 12.3 Å². The number of carbonyl (C=O) groups is 1. The van der Waals surface area contributed by atoms with E-state index in [1.165, 1.54) is 5.56 Å². The van der Waals surface area contributed by atoms with Crippen LogP contribution >= 0.6 is 0 Å². The topological polar surface area (TPSA) is 49.3 Å². The molecule has 3 nitrogen and oxygen atoms in total. The number of hydrogen-bond acceptors (Lipinski definition) is 2. The summed E-state index contributed by atoms with van der Waals surface area (Å²) in [5, 5.41) is 15.7. The number of phenolic OH excluding ortho intramolecular Hbond substituents is 1. The maximum absolute atomic E-state index is 12.2. The van der Waals surface area contributed by atoms with Gasteiger partial charge in [-0.1, -0.05) is 75.4 Å². The average molecular weight is 347 g/mol. The minimum atomic E-state index is -0.394. The van der Waals surface area contributed by atoms with Crippen molar-refractivity contribution in [2.75, 3.05) is 0 Å². The first-order chi connectivity index (χ1) is 12.5. The van der Waals surface area contributed by atoms with E-state index in [0.717, 1.165) is 21.9 Å². The highest BCUT2D eigenvalue weighted by Crippen LogP contribution is 2.36. The van der Waals surface area contributed by atoms with Crippen LogP contribution in [0.5, 0.6) is 5.75 Å². The number of amides is 1. The Hall–Kier alpha value is -2.81. The van der Waals surface area contributed by atoms with Crippen LogP contribution in [0, 0.1) is 0 Å². The van der Waals surface area contributed by atoms with Crippen LogP contribution in [0.2, 0.25) is 0 Å². The van der Waals surface area contributed by atoms with Crippen LogP contribution in [0.3, 0.4) is 0 Å². The summed E-state index contributed by atoms with van der Waals surface area (Å²) in [6.07, 6.45) is 0.395. The van der Waals surface area contributed by atoms with Gasteiger partial charge in [0.25, 0.3) is 0 Å². The number of benzene rings is 3. The van der Waals surface area contributed by atoms with Gasteiger partial charge in [0.15, 0.2) is 0 Å². The van der Waals surface area contributed by atoms with Crippen molar-refractivity contribution in [3.05, 3.63) is 77.4 Å². The maximum atomic E-state index is 12.2. The molecule has 0 aliphatic rings. The van der Waals surface area contributed by atoms with Gasteiger partial charge in [-0.15, -0.1) is 0 Å². The molecule has 0 radical (unpaired) electrons. The number of fused-ring (bicyclic) bond motifs is 1. The molecule has 3 aromatic carbocycles. The summed E-state index contributed by atoms with van der Waals surface area (Å²) in [5.41, 5.74) is 2.95. The lowest BCUT2D eigenvalue weighted by Crippen LogP contribution is -2.28. The quantitative estimate of drug-likeness (QED) is 0.659. The zero-order valence-electron chi connectivity index (χ0n) is 15.5. The fourth-order valence-electron chi connectivity index (χ4n) is 3.25. The minimum Gasteiger partial charge on any atom is -0.508 e.